The Morgan fingerprint density at radius 1 is 1.00 bits per heavy atom. The van der Waals surface area contributed by atoms with Gasteiger partial charge in [-0.3, -0.25) is 0 Å². The summed E-state index contributed by atoms with van der Waals surface area (Å²) in [6.45, 7) is 0.667. The number of anilines is 1. The van der Waals surface area contributed by atoms with E-state index in [4.69, 9.17) is 23.2 Å². The van der Waals surface area contributed by atoms with Crippen molar-refractivity contribution in [1.29, 1.82) is 0 Å². The third-order valence-corrected chi connectivity index (χ3v) is 3.71. The van der Waals surface area contributed by atoms with Crippen LogP contribution in [0.25, 0.3) is 0 Å². The third kappa shape index (κ3) is 3.50. The van der Waals surface area contributed by atoms with Gasteiger partial charge in [-0.2, -0.15) is 0 Å². The molecule has 2 aromatic rings. The van der Waals surface area contributed by atoms with Crippen LogP contribution in [0.2, 0.25) is 10.0 Å². The van der Waals surface area contributed by atoms with Gasteiger partial charge in [-0.1, -0.05) is 41.4 Å². The van der Waals surface area contributed by atoms with Gasteiger partial charge in [0.2, 0.25) is 0 Å². The number of nitrogens with one attached hydrogen (secondary N) is 1. The van der Waals surface area contributed by atoms with Crippen molar-refractivity contribution in [2.75, 3.05) is 5.32 Å². The zero-order chi connectivity index (χ0) is 12.3. The number of benzene rings is 2. The highest BCUT2D eigenvalue weighted by Gasteiger charge is 2.02. The van der Waals surface area contributed by atoms with Crippen LogP contribution in [0.15, 0.2) is 42.5 Å². The molecule has 0 bridgehead atoms. The number of hydrogen-bond donors (Lipinski definition) is 1. The van der Waals surface area contributed by atoms with E-state index in [0.29, 0.717) is 6.54 Å². The topological polar surface area (TPSA) is 12.0 Å². The Morgan fingerprint density at radius 2 is 1.76 bits per heavy atom. The van der Waals surface area contributed by atoms with E-state index in [1.807, 2.05) is 42.5 Å². The van der Waals surface area contributed by atoms with Gasteiger partial charge in [0.15, 0.2) is 0 Å². The van der Waals surface area contributed by atoms with Gasteiger partial charge >= 0.3 is 0 Å². The van der Waals surface area contributed by atoms with Gasteiger partial charge in [-0.15, -0.1) is 0 Å². The Bertz CT molecular complexity index is 529. The van der Waals surface area contributed by atoms with Crippen molar-refractivity contribution in [3.05, 3.63) is 61.6 Å². The van der Waals surface area contributed by atoms with Gasteiger partial charge in [0.05, 0.1) is 10.7 Å². The highest BCUT2D eigenvalue weighted by molar-refractivity contribution is 14.1. The molecular formula is C13H10Cl2IN. The molecule has 0 aliphatic heterocycles. The zero-order valence-corrected chi connectivity index (χ0v) is 12.6. The second kappa shape index (κ2) is 5.94. The molecule has 4 heteroatoms. The molecule has 1 N–H and O–H groups in total. The summed E-state index contributed by atoms with van der Waals surface area (Å²) in [7, 11) is 0. The molecular weight excluding hydrogens is 368 g/mol. The molecule has 2 rings (SSSR count). The summed E-state index contributed by atoms with van der Waals surface area (Å²) < 4.78 is 1.12. The lowest BCUT2D eigenvalue weighted by molar-refractivity contribution is 1.15. The Balaban J connectivity index is 2.10. The van der Waals surface area contributed by atoms with Crippen LogP contribution >= 0.6 is 45.8 Å². The first-order valence-corrected chi connectivity index (χ1v) is 6.92. The molecule has 0 unspecified atom stereocenters. The number of rotatable bonds is 3. The maximum Gasteiger partial charge on any atom is 0.0648 e. The Hall–Kier alpha value is -0.450. The van der Waals surface area contributed by atoms with E-state index in [0.717, 1.165) is 24.9 Å². The van der Waals surface area contributed by atoms with Gasteiger partial charge in [-0.05, 0) is 52.4 Å². The minimum atomic E-state index is 0.667. The minimum Gasteiger partial charge on any atom is -0.380 e. The molecule has 0 amide bonds. The molecule has 0 aliphatic rings. The van der Waals surface area contributed by atoms with Crippen molar-refractivity contribution in [2.24, 2.45) is 0 Å². The predicted octanol–water partition coefficient (Wildman–Crippen LogP) is 5.21. The molecule has 0 atom stereocenters. The second-order valence-electron chi connectivity index (χ2n) is 3.57. The van der Waals surface area contributed by atoms with E-state index >= 15 is 0 Å². The van der Waals surface area contributed by atoms with Gasteiger partial charge < -0.3 is 5.32 Å². The average Bonchev–Trinajstić information content (AvgIpc) is 2.30. The molecule has 0 saturated heterocycles. The molecule has 2 aromatic carbocycles. The van der Waals surface area contributed by atoms with E-state index in [9.17, 15) is 0 Å². The summed E-state index contributed by atoms with van der Waals surface area (Å²) in [5.41, 5.74) is 1.98. The fourth-order valence-corrected chi connectivity index (χ4v) is 2.59. The van der Waals surface area contributed by atoms with Crippen LogP contribution in [0.4, 0.5) is 5.69 Å². The summed E-state index contributed by atoms with van der Waals surface area (Å²) in [5.74, 6) is 0. The minimum absolute atomic E-state index is 0.667. The lowest BCUT2D eigenvalue weighted by Crippen LogP contribution is -2.00. The highest BCUT2D eigenvalue weighted by atomic mass is 127. The zero-order valence-electron chi connectivity index (χ0n) is 8.88. The predicted molar refractivity (Wildman–Crippen MR) is 82.9 cm³/mol. The second-order valence-corrected chi connectivity index (χ2v) is 5.63. The van der Waals surface area contributed by atoms with E-state index in [1.54, 1.807) is 0 Å². The maximum absolute atomic E-state index is 6.14. The molecule has 0 saturated carbocycles. The van der Waals surface area contributed by atoms with Crippen LogP contribution in [-0.2, 0) is 6.54 Å². The standard InChI is InChI=1S/C13H10Cl2IN/c14-11-4-2-1-3-9(11)8-17-13-6-5-10(16)7-12(13)15/h1-7,17H,8H2. The Morgan fingerprint density at radius 3 is 2.47 bits per heavy atom. The Labute approximate surface area is 124 Å². The Kier molecular flexibility index (Phi) is 4.54. The van der Waals surface area contributed by atoms with Gasteiger partial charge in [0, 0.05) is 15.1 Å². The van der Waals surface area contributed by atoms with Crippen molar-refractivity contribution < 1.29 is 0 Å². The van der Waals surface area contributed by atoms with Crippen molar-refractivity contribution >= 4 is 51.5 Å². The van der Waals surface area contributed by atoms with Gasteiger partial charge in [0.1, 0.15) is 0 Å². The van der Waals surface area contributed by atoms with Crippen LogP contribution < -0.4 is 5.32 Å². The molecule has 0 heterocycles. The van der Waals surface area contributed by atoms with E-state index in [1.165, 1.54) is 0 Å². The SMILES string of the molecule is Clc1ccccc1CNc1ccc(I)cc1Cl. The van der Waals surface area contributed by atoms with Crippen LogP contribution in [0.1, 0.15) is 5.56 Å². The summed E-state index contributed by atoms with van der Waals surface area (Å²) in [5, 5.41) is 4.77. The fourth-order valence-electron chi connectivity index (χ4n) is 1.47. The summed E-state index contributed by atoms with van der Waals surface area (Å²) in [6.07, 6.45) is 0. The van der Waals surface area contributed by atoms with Gasteiger partial charge in [-0.25, -0.2) is 0 Å². The summed E-state index contributed by atoms with van der Waals surface area (Å²) in [4.78, 5) is 0. The molecule has 0 fully saturated rings. The van der Waals surface area contributed by atoms with E-state index < -0.39 is 0 Å². The first kappa shape index (κ1) is 13.0. The largest absolute Gasteiger partial charge is 0.380 e. The molecule has 0 spiro atoms. The number of halogens is 3. The molecule has 0 radical (unpaired) electrons. The number of hydrogen-bond acceptors (Lipinski definition) is 1. The monoisotopic (exact) mass is 377 g/mol. The summed E-state index contributed by atoms with van der Waals surface area (Å²) >= 11 is 14.5. The molecule has 1 nitrogen and oxygen atoms in total. The smallest absolute Gasteiger partial charge is 0.0648 e. The molecule has 17 heavy (non-hydrogen) atoms. The average molecular weight is 378 g/mol. The van der Waals surface area contributed by atoms with Crippen molar-refractivity contribution in [3.63, 3.8) is 0 Å². The van der Waals surface area contributed by atoms with Crippen molar-refractivity contribution in [2.45, 2.75) is 6.54 Å². The lowest BCUT2D eigenvalue weighted by atomic mass is 10.2. The van der Waals surface area contributed by atoms with Crippen molar-refractivity contribution in [1.82, 2.24) is 0 Å². The first-order chi connectivity index (χ1) is 8.16. The molecule has 0 aromatic heterocycles. The summed E-state index contributed by atoms with van der Waals surface area (Å²) in [6, 6.07) is 13.7. The normalized spacial score (nSPS) is 10.3. The van der Waals surface area contributed by atoms with Crippen LogP contribution in [-0.4, -0.2) is 0 Å². The van der Waals surface area contributed by atoms with E-state index in [-0.39, 0.29) is 0 Å². The van der Waals surface area contributed by atoms with Crippen LogP contribution in [0.5, 0.6) is 0 Å². The first-order valence-electron chi connectivity index (χ1n) is 5.09. The molecule has 0 aliphatic carbocycles. The molecule has 88 valence electrons. The van der Waals surface area contributed by atoms with Crippen LogP contribution in [0.3, 0.4) is 0 Å². The highest BCUT2D eigenvalue weighted by Crippen LogP contribution is 2.25. The third-order valence-electron chi connectivity index (χ3n) is 2.36. The fraction of sp³-hybridized carbons (Fsp3) is 0.0769. The van der Waals surface area contributed by atoms with Crippen molar-refractivity contribution in [3.8, 4) is 0 Å². The van der Waals surface area contributed by atoms with E-state index in [2.05, 4.69) is 27.9 Å². The van der Waals surface area contributed by atoms with Gasteiger partial charge in [0.25, 0.3) is 0 Å². The quantitative estimate of drug-likeness (QED) is 0.724. The lowest BCUT2D eigenvalue weighted by Gasteiger charge is -2.09. The maximum atomic E-state index is 6.14. The van der Waals surface area contributed by atoms with Crippen LogP contribution in [0, 0.1) is 3.57 Å².